The van der Waals surface area contributed by atoms with Gasteiger partial charge in [0.2, 0.25) is 5.91 Å². The molecule has 1 atom stereocenters. The van der Waals surface area contributed by atoms with Gasteiger partial charge in [0.05, 0.1) is 5.54 Å². The van der Waals surface area contributed by atoms with Crippen molar-refractivity contribution in [1.29, 1.82) is 0 Å². The van der Waals surface area contributed by atoms with Crippen LogP contribution in [0.25, 0.3) is 0 Å². The fourth-order valence-electron chi connectivity index (χ4n) is 2.85. The normalized spacial score (nSPS) is 18.5. The number of hydrogen-bond donors (Lipinski definition) is 1. The van der Waals surface area contributed by atoms with Crippen LogP contribution in [0.2, 0.25) is 0 Å². The molecular weight excluding hydrogens is 282 g/mol. The second-order valence-corrected chi connectivity index (χ2v) is 7.38. The molecule has 1 aromatic heterocycles. The molecule has 21 heavy (non-hydrogen) atoms. The second kappa shape index (κ2) is 6.90. The van der Waals surface area contributed by atoms with Gasteiger partial charge >= 0.3 is 0 Å². The number of amides is 1. The first-order valence-corrected chi connectivity index (χ1v) is 8.56. The van der Waals surface area contributed by atoms with Crippen LogP contribution in [0, 0.1) is 0 Å². The third-order valence-electron chi connectivity index (χ3n) is 4.49. The van der Waals surface area contributed by atoms with E-state index in [0.29, 0.717) is 0 Å². The van der Waals surface area contributed by atoms with E-state index in [2.05, 4.69) is 48.5 Å². The molecular formula is C16H27N3OS. The molecule has 1 amide bonds. The van der Waals surface area contributed by atoms with E-state index in [1.807, 2.05) is 11.9 Å². The topological polar surface area (TPSA) is 35.6 Å². The van der Waals surface area contributed by atoms with E-state index in [0.717, 1.165) is 32.6 Å². The van der Waals surface area contributed by atoms with Crippen molar-refractivity contribution in [1.82, 2.24) is 15.1 Å². The van der Waals surface area contributed by atoms with Gasteiger partial charge in [0.25, 0.3) is 0 Å². The van der Waals surface area contributed by atoms with Gasteiger partial charge in [-0.15, -0.1) is 11.3 Å². The zero-order chi connectivity index (χ0) is 15.5. The number of nitrogens with one attached hydrogen (secondary N) is 1. The second-order valence-electron chi connectivity index (χ2n) is 6.34. The third kappa shape index (κ3) is 3.84. The number of hydrogen-bond acceptors (Lipinski definition) is 4. The highest BCUT2D eigenvalue weighted by Gasteiger charge is 2.38. The average molecular weight is 309 g/mol. The molecule has 0 bridgehead atoms. The van der Waals surface area contributed by atoms with Crippen LogP contribution in [0.5, 0.6) is 0 Å². The lowest BCUT2D eigenvalue weighted by Crippen LogP contribution is -2.61. The zero-order valence-electron chi connectivity index (χ0n) is 13.6. The standard InChI is InChI=1S/C16H27N3OS/c1-13(12-14-6-5-11-21-14)18(4)15(20)16(2,3)19-9-7-17-8-10-19/h5-6,11,13,17H,7-10,12H2,1-4H3. The van der Waals surface area contributed by atoms with Crippen molar-refractivity contribution in [2.24, 2.45) is 0 Å². The van der Waals surface area contributed by atoms with Crippen molar-refractivity contribution >= 4 is 17.2 Å². The molecule has 0 saturated carbocycles. The van der Waals surface area contributed by atoms with Crippen molar-refractivity contribution in [3.63, 3.8) is 0 Å². The van der Waals surface area contributed by atoms with Gasteiger partial charge in [-0.1, -0.05) is 6.07 Å². The van der Waals surface area contributed by atoms with Crippen LogP contribution in [0.3, 0.4) is 0 Å². The summed E-state index contributed by atoms with van der Waals surface area (Å²) in [4.78, 5) is 18.4. The number of likely N-dealkylation sites (N-methyl/N-ethyl adjacent to an activating group) is 1. The van der Waals surface area contributed by atoms with E-state index in [9.17, 15) is 4.79 Å². The van der Waals surface area contributed by atoms with E-state index in [1.54, 1.807) is 11.3 Å². The molecule has 1 aliphatic heterocycles. The SMILES string of the molecule is CC(Cc1cccs1)N(C)C(=O)C(C)(C)N1CCNCC1. The molecule has 0 aromatic carbocycles. The zero-order valence-corrected chi connectivity index (χ0v) is 14.4. The van der Waals surface area contributed by atoms with Crippen molar-refractivity contribution < 1.29 is 4.79 Å². The quantitative estimate of drug-likeness (QED) is 0.901. The number of carbonyl (C=O) groups is 1. The van der Waals surface area contributed by atoms with Crippen molar-refractivity contribution in [2.75, 3.05) is 33.2 Å². The molecule has 0 spiro atoms. The monoisotopic (exact) mass is 309 g/mol. The molecule has 1 unspecified atom stereocenters. The maximum absolute atomic E-state index is 12.9. The summed E-state index contributed by atoms with van der Waals surface area (Å²) in [7, 11) is 1.94. The van der Waals surface area contributed by atoms with E-state index >= 15 is 0 Å². The van der Waals surface area contributed by atoms with E-state index in [-0.39, 0.29) is 11.9 Å². The summed E-state index contributed by atoms with van der Waals surface area (Å²) in [5.74, 6) is 0.216. The molecule has 0 aliphatic carbocycles. The van der Waals surface area contributed by atoms with Gasteiger partial charge in [0, 0.05) is 50.6 Å². The van der Waals surface area contributed by atoms with Gasteiger partial charge in [0.15, 0.2) is 0 Å². The fourth-order valence-corrected chi connectivity index (χ4v) is 3.67. The van der Waals surface area contributed by atoms with Crippen LogP contribution >= 0.6 is 11.3 Å². The molecule has 1 N–H and O–H groups in total. The molecule has 118 valence electrons. The molecule has 1 saturated heterocycles. The van der Waals surface area contributed by atoms with Crippen molar-refractivity contribution in [3.05, 3.63) is 22.4 Å². The first-order chi connectivity index (χ1) is 9.93. The summed E-state index contributed by atoms with van der Waals surface area (Å²) >= 11 is 1.76. The van der Waals surface area contributed by atoms with Crippen molar-refractivity contribution in [3.8, 4) is 0 Å². The van der Waals surface area contributed by atoms with Gasteiger partial charge in [-0.25, -0.2) is 0 Å². The Bertz CT molecular complexity index is 452. The van der Waals surface area contributed by atoms with Crippen LogP contribution in [-0.4, -0.2) is 60.5 Å². The summed E-state index contributed by atoms with van der Waals surface area (Å²) in [6, 6.07) is 4.43. The van der Waals surface area contributed by atoms with Crippen LogP contribution in [0.4, 0.5) is 0 Å². The lowest BCUT2D eigenvalue weighted by atomic mass is 9.98. The minimum absolute atomic E-state index is 0.216. The molecule has 2 heterocycles. The van der Waals surface area contributed by atoms with Crippen LogP contribution in [0.1, 0.15) is 25.6 Å². The van der Waals surface area contributed by atoms with Gasteiger partial charge in [0.1, 0.15) is 0 Å². The maximum atomic E-state index is 12.9. The number of nitrogens with zero attached hydrogens (tertiary/aromatic N) is 2. The van der Waals surface area contributed by atoms with E-state index in [4.69, 9.17) is 0 Å². The van der Waals surface area contributed by atoms with Crippen LogP contribution in [-0.2, 0) is 11.2 Å². The molecule has 2 rings (SSSR count). The van der Waals surface area contributed by atoms with Gasteiger partial charge < -0.3 is 10.2 Å². The number of thiophene rings is 1. The Hall–Kier alpha value is -0.910. The van der Waals surface area contributed by atoms with Gasteiger partial charge in [-0.05, 0) is 32.2 Å². The lowest BCUT2D eigenvalue weighted by Gasteiger charge is -2.43. The highest BCUT2D eigenvalue weighted by atomic mass is 32.1. The Morgan fingerprint density at radius 3 is 2.71 bits per heavy atom. The largest absolute Gasteiger partial charge is 0.341 e. The Balaban J connectivity index is 1.99. The number of rotatable bonds is 5. The first kappa shape index (κ1) is 16.5. The van der Waals surface area contributed by atoms with Crippen LogP contribution in [0.15, 0.2) is 17.5 Å². The van der Waals surface area contributed by atoms with E-state index < -0.39 is 5.54 Å². The maximum Gasteiger partial charge on any atom is 0.242 e. The smallest absolute Gasteiger partial charge is 0.242 e. The predicted molar refractivity (Wildman–Crippen MR) is 88.8 cm³/mol. The summed E-state index contributed by atoms with van der Waals surface area (Å²) in [6.45, 7) is 10.0. The summed E-state index contributed by atoms with van der Waals surface area (Å²) in [5.41, 5.74) is -0.430. The van der Waals surface area contributed by atoms with Crippen molar-refractivity contribution in [2.45, 2.75) is 38.8 Å². The molecule has 1 aromatic rings. The highest BCUT2D eigenvalue weighted by Crippen LogP contribution is 2.21. The highest BCUT2D eigenvalue weighted by molar-refractivity contribution is 7.09. The van der Waals surface area contributed by atoms with Crippen LogP contribution < -0.4 is 5.32 Å². The van der Waals surface area contributed by atoms with E-state index in [1.165, 1.54) is 4.88 Å². The average Bonchev–Trinajstić information content (AvgIpc) is 2.99. The minimum Gasteiger partial charge on any atom is -0.341 e. The molecule has 1 aliphatic rings. The lowest BCUT2D eigenvalue weighted by molar-refractivity contribution is -0.143. The number of piperazine rings is 1. The summed E-state index contributed by atoms with van der Waals surface area (Å²) in [6.07, 6.45) is 0.928. The number of carbonyl (C=O) groups excluding carboxylic acids is 1. The fraction of sp³-hybridized carbons (Fsp3) is 0.688. The minimum atomic E-state index is -0.430. The predicted octanol–water partition coefficient (Wildman–Crippen LogP) is 1.82. The Morgan fingerprint density at radius 1 is 1.48 bits per heavy atom. The Labute approximate surface area is 132 Å². The first-order valence-electron chi connectivity index (χ1n) is 7.68. The Morgan fingerprint density at radius 2 is 2.14 bits per heavy atom. The molecule has 0 radical (unpaired) electrons. The summed E-state index contributed by atoms with van der Waals surface area (Å²) < 4.78 is 0. The summed E-state index contributed by atoms with van der Waals surface area (Å²) in [5, 5.41) is 5.43. The molecule has 4 nitrogen and oxygen atoms in total. The van der Waals surface area contributed by atoms with Gasteiger partial charge in [-0.3, -0.25) is 9.69 Å². The Kier molecular flexibility index (Phi) is 5.41. The third-order valence-corrected chi connectivity index (χ3v) is 5.39. The molecule has 1 fully saturated rings. The van der Waals surface area contributed by atoms with Gasteiger partial charge in [-0.2, -0.15) is 0 Å². The molecule has 5 heteroatoms.